The van der Waals surface area contributed by atoms with Gasteiger partial charge in [0.1, 0.15) is 0 Å². The van der Waals surface area contributed by atoms with Crippen LogP contribution in [0.5, 0.6) is 0 Å². The molecule has 5 nitrogen and oxygen atoms in total. The van der Waals surface area contributed by atoms with Crippen molar-refractivity contribution < 1.29 is 13.2 Å². The van der Waals surface area contributed by atoms with E-state index < -0.39 is 10.0 Å². The van der Waals surface area contributed by atoms with Crippen LogP contribution < -0.4 is 10.0 Å². The van der Waals surface area contributed by atoms with Gasteiger partial charge in [-0.1, -0.05) is 49.7 Å². The maximum Gasteiger partial charge on any atom is 0.240 e. The van der Waals surface area contributed by atoms with Crippen molar-refractivity contribution in [1.29, 1.82) is 0 Å². The molecule has 0 heterocycles. The molecule has 28 heavy (non-hydrogen) atoms. The fraction of sp³-hybridized carbons (Fsp3) is 0.381. The molecule has 0 fully saturated rings. The predicted molar refractivity (Wildman–Crippen MR) is 113 cm³/mol. The van der Waals surface area contributed by atoms with Crippen molar-refractivity contribution in [1.82, 2.24) is 10.0 Å². The van der Waals surface area contributed by atoms with Gasteiger partial charge in [-0.2, -0.15) is 0 Å². The number of carbonyl (C=O) groups excluding carboxylic acids is 1. The smallest absolute Gasteiger partial charge is 0.240 e. The van der Waals surface area contributed by atoms with Crippen LogP contribution in [0.4, 0.5) is 0 Å². The molecule has 0 spiro atoms. The molecule has 0 bridgehead atoms. The van der Waals surface area contributed by atoms with E-state index in [0.717, 1.165) is 11.1 Å². The lowest BCUT2D eigenvalue weighted by molar-refractivity contribution is -0.121. The standard InChI is InChI=1S/C21H27ClN2O3S/c1-15(2)14-23-28(26,27)20-11-4-17(5-12-20)6-13-21(25)24-16(3)18-7-9-19(22)10-8-18/h4-5,7-12,15-16,23H,6,13-14H2,1-3H3,(H,24,25)/t16-/m0/s1. The molecule has 0 saturated heterocycles. The summed E-state index contributed by atoms with van der Waals surface area (Å²) < 4.78 is 27.0. The summed E-state index contributed by atoms with van der Waals surface area (Å²) in [7, 11) is -3.49. The van der Waals surface area contributed by atoms with Crippen LogP contribution in [-0.4, -0.2) is 20.9 Å². The Bertz CT molecular complexity index is 879. The highest BCUT2D eigenvalue weighted by molar-refractivity contribution is 7.89. The van der Waals surface area contributed by atoms with Gasteiger partial charge < -0.3 is 5.32 Å². The lowest BCUT2D eigenvalue weighted by Crippen LogP contribution is -2.27. The van der Waals surface area contributed by atoms with Gasteiger partial charge in [0.15, 0.2) is 0 Å². The number of hydrogen-bond acceptors (Lipinski definition) is 3. The zero-order valence-corrected chi connectivity index (χ0v) is 18.0. The van der Waals surface area contributed by atoms with Crippen molar-refractivity contribution in [3.63, 3.8) is 0 Å². The van der Waals surface area contributed by atoms with Crippen molar-refractivity contribution >= 4 is 27.5 Å². The predicted octanol–water partition coefficient (Wildman–Crippen LogP) is 4.08. The van der Waals surface area contributed by atoms with Crippen LogP contribution in [0.15, 0.2) is 53.4 Å². The second-order valence-corrected chi connectivity index (χ2v) is 9.43. The molecule has 1 amide bonds. The van der Waals surface area contributed by atoms with Crippen LogP contribution >= 0.6 is 11.6 Å². The number of aryl methyl sites for hydroxylation is 1. The van der Waals surface area contributed by atoms with Gasteiger partial charge in [0.25, 0.3) is 0 Å². The molecule has 0 aliphatic carbocycles. The normalized spacial score (nSPS) is 12.8. The first kappa shape index (κ1) is 22.4. The van der Waals surface area contributed by atoms with Crippen LogP contribution in [0.3, 0.4) is 0 Å². The summed E-state index contributed by atoms with van der Waals surface area (Å²) in [6.07, 6.45) is 0.870. The highest BCUT2D eigenvalue weighted by Gasteiger charge is 2.14. The summed E-state index contributed by atoms with van der Waals surface area (Å²) in [6, 6.07) is 13.9. The second kappa shape index (κ2) is 10.0. The molecule has 152 valence electrons. The van der Waals surface area contributed by atoms with Crippen LogP contribution in [0.25, 0.3) is 0 Å². The molecule has 0 radical (unpaired) electrons. The van der Waals surface area contributed by atoms with E-state index >= 15 is 0 Å². The Morgan fingerprint density at radius 2 is 1.61 bits per heavy atom. The topological polar surface area (TPSA) is 75.3 Å². The fourth-order valence-electron chi connectivity index (χ4n) is 2.60. The minimum absolute atomic E-state index is 0.0576. The molecule has 0 aliphatic heterocycles. The molecule has 2 rings (SSSR count). The third-order valence-electron chi connectivity index (χ3n) is 4.30. The zero-order chi connectivity index (χ0) is 20.7. The molecule has 2 aromatic rings. The Kier molecular flexibility index (Phi) is 8.04. The first-order chi connectivity index (χ1) is 13.2. The second-order valence-electron chi connectivity index (χ2n) is 7.23. The number of rotatable bonds is 9. The van der Waals surface area contributed by atoms with Gasteiger partial charge in [-0.05, 0) is 54.7 Å². The Balaban J connectivity index is 1.87. The quantitative estimate of drug-likeness (QED) is 0.639. The summed E-state index contributed by atoms with van der Waals surface area (Å²) in [4.78, 5) is 12.4. The van der Waals surface area contributed by atoms with E-state index in [9.17, 15) is 13.2 Å². The molecule has 0 saturated carbocycles. The number of carbonyl (C=O) groups is 1. The van der Waals surface area contributed by atoms with Crippen molar-refractivity contribution in [3.05, 3.63) is 64.7 Å². The average Bonchev–Trinajstić information content (AvgIpc) is 2.65. The van der Waals surface area contributed by atoms with Gasteiger partial charge in [-0.25, -0.2) is 13.1 Å². The summed E-state index contributed by atoms with van der Waals surface area (Å²) >= 11 is 5.88. The average molecular weight is 423 g/mol. The highest BCUT2D eigenvalue weighted by Crippen LogP contribution is 2.17. The summed E-state index contributed by atoms with van der Waals surface area (Å²) in [5.41, 5.74) is 1.90. The SMILES string of the molecule is CC(C)CNS(=O)(=O)c1ccc(CCC(=O)N[C@@H](C)c2ccc(Cl)cc2)cc1. The van der Waals surface area contributed by atoms with Crippen molar-refractivity contribution in [2.75, 3.05) is 6.54 Å². The van der Waals surface area contributed by atoms with Crippen LogP contribution in [0.2, 0.25) is 5.02 Å². The van der Waals surface area contributed by atoms with Crippen molar-refractivity contribution in [2.45, 2.75) is 44.6 Å². The van der Waals surface area contributed by atoms with E-state index in [-0.39, 0.29) is 22.8 Å². The molecule has 2 N–H and O–H groups in total. The van der Waals surface area contributed by atoms with Gasteiger partial charge in [0, 0.05) is 18.0 Å². The maximum absolute atomic E-state index is 12.2. The first-order valence-electron chi connectivity index (χ1n) is 9.31. The largest absolute Gasteiger partial charge is 0.350 e. The van der Waals surface area contributed by atoms with E-state index in [1.54, 1.807) is 36.4 Å². The van der Waals surface area contributed by atoms with E-state index in [2.05, 4.69) is 10.0 Å². The van der Waals surface area contributed by atoms with E-state index in [4.69, 9.17) is 11.6 Å². The van der Waals surface area contributed by atoms with Gasteiger partial charge in [0.05, 0.1) is 10.9 Å². The Morgan fingerprint density at radius 1 is 1.00 bits per heavy atom. The summed E-state index contributed by atoms with van der Waals surface area (Å²) in [6.45, 7) is 6.22. The molecule has 2 aromatic carbocycles. The fourth-order valence-corrected chi connectivity index (χ4v) is 3.94. The molecule has 1 atom stereocenters. The summed E-state index contributed by atoms with van der Waals surface area (Å²) in [5.74, 6) is 0.181. The number of amides is 1. The minimum atomic E-state index is -3.49. The molecular formula is C21H27ClN2O3S. The third kappa shape index (κ3) is 6.93. The molecule has 0 aromatic heterocycles. The molecule has 0 unspecified atom stereocenters. The van der Waals surface area contributed by atoms with Crippen LogP contribution in [-0.2, 0) is 21.2 Å². The van der Waals surface area contributed by atoms with Gasteiger partial charge in [-0.3, -0.25) is 4.79 Å². The molecule has 0 aliphatic rings. The first-order valence-corrected chi connectivity index (χ1v) is 11.2. The third-order valence-corrected chi connectivity index (χ3v) is 5.99. The maximum atomic E-state index is 12.2. The number of nitrogens with one attached hydrogen (secondary N) is 2. The van der Waals surface area contributed by atoms with Crippen molar-refractivity contribution in [2.24, 2.45) is 5.92 Å². The van der Waals surface area contributed by atoms with E-state index in [0.29, 0.717) is 24.4 Å². The molecular weight excluding hydrogens is 396 g/mol. The number of sulfonamides is 1. The van der Waals surface area contributed by atoms with Crippen LogP contribution in [0.1, 0.15) is 44.4 Å². The van der Waals surface area contributed by atoms with Crippen LogP contribution in [0, 0.1) is 5.92 Å². The highest BCUT2D eigenvalue weighted by atomic mass is 35.5. The van der Waals surface area contributed by atoms with E-state index in [1.807, 2.05) is 32.9 Å². The lowest BCUT2D eigenvalue weighted by Gasteiger charge is -2.14. The Hall–Kier alpha value is -1.89. The minimum Gasteiger partial charge on any atom is -0.350 e. The Labute approximate surface area is 172 Å². The monoisotopic (exact) mass is 422 g/mol. The van der Waals surface area contributed by atoms with Gasteiger partial charge in [-0.15, -0.1) is 0 Å². The number of benzene rings is 2. The van der Waals surface area contributed by atoms with Gasteiger partial charge in [0.2, 0.25) is 15.9 Å². The van der Waals surface area contributed by atoms with Crippen molar-refractivity contribution in [3.8, 4) is 0 Å². The summed E-state index contributed by atoms with van der Waals surface area (Å²) in [5, 5.41) is 3.62. The zero-order valence-electron chi connectivity index (χ0n) is 16.4. The Morgan fingerprint density at radius 3 is 2.18 bits per heavy atom. The number of hydrogen-bond donors (Lipinski definition) is 2. The van der Waals surface area contributed by atoms with E-state index in [1.165, 1.54) is 0 Å². The van der Waals surface area contributed by atoms with Gasteiger partial charge >= 0.3 is 0 Å². The number of halogens is 1. The lowest BCUT2D eigenvalue weighted by atomic mass is 10.1. The molecule has 7 heteroatoms.